The Bertz CT molecular complexity index is 710. The van der Waals surface area contributed by atoms with Gasteiger partial charge in [-0.3, -0.25) is 14.6 Å². The Hall–Kier alpha value is -1.50. The Morgan fingerprint density at radius 2 is 2.16 bits per heavy atom. The summed E-state index contributed by atoms with van der Waals surface area (Å²) in [5.74, 6) is 0.181. The van der Waals surface area contributed by atoms with Gasteiger partial charge in [0.25, 0.3) is 0 Å². The molecule has 0 aliphatic carbocycles. The fourth-order valence-electron chi connectivity index (χ4n) is 3.09. The molecule has 2 aromatic rings. The van der Waals surface area contributed by atoms with Crippen LogP contribution in [0.2, 0.25) is 0 Å². The van der Waals surface area contributed by atoms with Crippen LogP contribution in [-0.2, 0) is 9.53 Å². The van der Waals surface area contributed by atoms with Gasteiger partial charge in [-0.05, 0) is 37.5 Å². The van der Waals surface area contributed by atoms with Gasteiger partial charge in [-0.15, -0.1) is 0 Å². The van der Waals surface area contributed by atoms with Gasteiger partial charge in [0.1, 0.15) is 0 Å². The smallest absolute Gasteiger partial charge is 0.228 e. The summed E-state index contributed by atoms with van der Waals surface area (Å²) < 4.78 is 6.55. The molecule has 0 saturated carbocycles. The number of aromatic nitrogens is 1. The zero-order chi connectivity index (χ0) is 17.6. The number of hydrogen-bond acceptors (Lipinski definition) is 5. The normalized spacial score (nSPS) is 15.6. The molecule has 0 atom stereocenters. The molecule has 136 valence electrons. The van der Waals surface area contributed by atoms with Crippen LogP contribution < -0.4 is 4.90 Å². The summed E-state index contributed by atoms with van der Waals surface area (Å²) in [5, 5.41) is 0.834. The average Bonchev–Trinajstić information content (AvgIpc) is 3.02. The molecular weight excluding hydrogens is 334 g/mol. The Morgan fingerprint density at radius 1 is 1.36 bits per heavy atom. The predicted octanol–water partition coefficient (Wildman–Crippen LogP) is 3.46. The highest BCUT2D eigenvalue weighted by molar-refractivity contribution is 7.22. The first-order valence-electron chi connectivity index (χ1n) is 9.15. The van der Waals surface area contributed by atoms with Gasteiger partial charge in [0.15, 0.2) is 5.13 Å². The molecule has 1 fully saturated rings. The van der Waals surface area contributed by atoms with Crippen molar-refractivity contribution in [2.75, 3.05) is 44.3 Å². The number of rotatable bonds is 7. The molecule has 0 N–H and O–H groups in total. The van der Waals surface area contributed by atoms with Crippen molar-refractivity contribution in [3.63, 3.8) is 0 Å². The maximum absolute atomic E-state index is 12.6. The van der Waals surface area contributed by atoms with Crippen LogP contribution >= 0.6 is 11.3 Å². The van der Waals surface area contributed by atoms with Crippen LogP contribution in [0.5, 0.6) is 0 Å². The summed E-state index contributed by atoms with van der Waals surface area (Å²) in [7, 11) is 0. The SMILES string of the molecule is CCCC(=O)N(CCCN1CCOCC1)c1nc2ccc(C)cc2s1. The van der Waals surface area contributed by atoms with E-state index in [1.807, 2.05) is 17.9 Å². The van der Waals surface area contributed by atoms with Crippen molar-refractivity contribution in [1.29, 1.82) is 0 Å². The van der Waals surface area contributed by atoms with Crippen molar-refractivity contribution in [1.82, 2.24) is 9.88 Å². The lowest BCUT2D eigenvalue weighted by Gasteiger charge is -2.27. The van der Waals surface area contributed by atoms with Crippen molar-refractivity contribution in [3.8, 4) is 0 Å². The van der Waals surface area contributed by atoms with E-state index in [9.17, 15) is 4.79 Å². The number of morpholine rings is 1. The summed E-state index contributed by atoms with van der Waals surface area (Å²) in [6, 6.07) is 6.26. The molecule has 25 heavy (non-hydrogen) atoms. The van der Waals surface area contributed by atoms with Gasteiger partial charge in [0, 0.05) is 32.6 Å². The zero-order valence-corrected chi connectivity index (χ0v) is 16.0. The molecule has 0 bridgehead atoms. The Morgan fingerprint density at radius 3 is 2.92 bits per heavy atom. The number of amides is 1. The summed E-state index contributed by atoms with van der Waals surface area (Å²) in [5.41, 5.74) is 2.20. The lowest BCUT2D eigenvalue weighted by atomic mass is 10.2. The number of carbonyl (C=O) groups excluding carboxylic acids is 1. The Labute approximate surface area is 153 Å². The quantitative estimate of drug-likeness (QED) is 0.758. The topological polar surface area (TPSA) is 45.7 Å². The van der Waals surface area contributed by atoms with E-state index >= 15 is 0 Å². The van der Waals surface area contributed by atoms with E-state index in [1.54, 1.807) is 11.3 Å². The van der Waals surface area contributed by atoms with Crippen molar-refractivity contribution < 1.29 is 9.53 Å². The molecule has 0 unspecified atom stereocenters. The molecule has 1 saturated heterocycles. The number of thiazole rings is 1. The minimum absolute atomic E-state index is 0.181. The van der Waals surface area contributed by atoms with Crippen LogP contribution in [0.25, 0.3) is 10.2 Å². The van der Waals surface area contributed by atoms with Crippen LogP contribution in [0.3, 0.4) is 0 Å². The minimum Gasteiger partial charge on any atom is -0.379 e. The first-order chi connectivity index (χ1) is 12.2. The standard InChI is InChI=1S/C19H27N3O2S/c1-3-5-18(23)22(9-4-8-21-10-12-24-13-11-21)19-20-16-7-6-15(2)14-17(16)25-19/h6-7,14H,3-5,8-13H2,1-2H3. The molecule has 1 aliphatic heterocycles. The van der Waals surface area contributed by atoms with Gasteiger partial charge < -0.3 is 4.74 Å². The van der Waals surface area contributed by atoms with Crippen molar-refractivity contribution in [3.05, 3.63) is 23.8 Å². The molecule has 0 radical (unpaired) electrons. The third-order valence-electron chi connectivity index (χ3n) is 4.49. The highest BCUT2D eigenvalue weighted by atomic mass is 32.1. The fraction of sp³-hybridized carbons (Fsp3) is 0.579. The fourth-order valence-corrected chi connectivity index (χ4v) is 4.20. The number of ether oxygens (including phenoxy) is 1. The number of nitrogens with zero attached hydrogens (tertiary/aromatic N) is 3. The van der Waals surface area contributed by atoms with Gasteiger partial charge in [-0.1, -0.05) is 24.3 Å². The lowest BCUT2D eigenvalue weighted by Crippen LogP contribution is -2.39. The van der Waals surface area contributed by atoms with Gasteiger partial charge >= 0.3 is 0 Å². The molecule has 3 rings (SSSR count). The molecule has 2 heterocycles. The first-order valence-corrected chi connectivity index (χ1v) is 9.96. The van der Waals surface area contributed by atoms with Crippen LogP contribution in [-0.4, -0.2) is 55.2 Å². The number of aryl methyl sites for hydroxylation is 1. The largest absolute Gasteiger partial charge is 0.379 e. The molecule has 0 spiro atoms. The van der Waals surface area contributed by atoms with E-state index in [0.717, 1.165) is 67.6 Å². The Balaban J connectivity index is 1.70. The zero-order valence-electron chi connectivity index (χ0n) is 15.2. The van der Waals surface area contributed by atoms with E-state index in [2.05, 4.69) is 24.0 Å². The van der Waals surface area contributed by atoms with Crippen molar-refractivity contribution in [2.45, 2.75) is 33.1 Å². The third-order valence-corrected chi connectivity index (χ3v) is 5.53. The van der Waals surface area contributed by atoms with Crippen LogP contribution in [0, 0.1) is 6.92 Å². The second kappa shape index (κ2) is 8.74. The van der Waals surface area contributed by atoms with Gasteiger partial charge in [0.05, 0.1) is 23.4 Å². The van der Waals surface area contributed by atoms with Crippen LogP contribution in [0.15, 0.2) is 18.2 Å². The molecule has 6 heteroatoms. The summed E-state index contributed by atoms with van der Waals surface area (Å²) in [6.45, 7) is 9.48. The highest BCUT2D eigenvalue weighted by Gasteiger charge is 2.19. The second-order valence-corrected chi connectivity index (χ2v) is 7.58. The summed E-state index contributed by atoms with van der Waals surface area (Å²) in [6.07, 6.45) is 2.40. The van der Waals surface area contributed by atoms with Crippen LogP contribution in [0.1, 0.15) is 31.7 Å². The first kappa shape index (κ1) is 18.3. The van der Waals surface area contributed by atoms with Crippen molar-refractivity contribution in [2.24, 2.45) is 0 Å². The minimum atomic E-state index is 0.181. The molecular formula is C19H27N3O2S. The number of benzene rings is 1. The molecule has 5 nitrogen and oxygen atoms in total. The molecule has 1 amide bonds. The molecule has 1 aromatic heterocycles. The number of hydrogen-bond donors (Lipinski definition) is 0. The third kappa shape index (κ3) is 4.77. The van der Waals surface area contributed by atoms with Gasteiger partial charge in [-0.25, -0.2) is 4.98 Å². The highest BCUT2D eigenvalue weighted by Crippen LogP contribution is 2.30. The maximum Gasteiger partial charge on any atom is 0.228 e. The van der Waals surface area contributed by atoms with Crippen molar-refractivity contribution >= 4 is 32.6 Å². The van der Waals surface area contributed by atoms with E-state index in [4.69, 9.17) is 9.72 Å². The van der Waals surface area contributed by atoms with Gasteiger partial charge in [-0.2, -0.15) is 0 Å². The van der Waals surface area contributed by atoms with E-state index in [0.29, 0.717) is 6.42 Å². The maximum atomic E-state index is 12.6. The van der Waals surface area contributed by atoms with Crippen LogP contribution in [0.4, 0.5) is 5.13 Å². The summed E-state index contributed by atoms with van der Waals surface area (Å²) in [4.78, 5) is 21.6. The molecule has 1 aliphatic rings. The van der Waals surface area contributed by atoms with E-state index < -0.39 is 0 Å². The second-order valence-electron chi connectivity index (χ2n) is 6.57. The summed E-state index contributed by atoms with van der Waals surface area (Å²) >= 11 is 1.62. The Kier molecular flexibility index (Phi) is 6.39. The average molecular weight is 362 g/mol. The van der Waals surface area contributed by atoms with Gasteiger partial charge in [0.2, 0.25) is 5.91 Å². The lowest BCUT2D eigenvalue weighted by molar-refractivity contribution is -0.118. The predicted molar refractivity (Wildman–Crippen MR) is 103 cm³/mol. The molecule has 1 aromatic carbocycles. The number of anilines is 1. The monoisotopic (exact) mass is 361 g/mol. The van der Waals surface area contributed by atoms with E-state index in [-0.39, 0.29) is 5.91 Å². The number of fused-ring (bicyclic) bond motifs is 1. The van der Waals surface area contributed by atoms with E-state index in [1.165, 1.54) is 5.56 Å². The number of carbonyl (C=O) groups is 1.